The first-order valence-electron chi connectivity index (χ1n) is 9.74. The van der Waals surface area contributed by atoms with Crippen molar-refractivity contribution in [3.8, 4) is 17.6 Å². The molecule has 3 rings (SSSR count). The summed E-state index contributed by atoms with van der Waals surface area (Å²) < 4.78 is 130. The minimum absolute atomic E-state index is 0.0837. The molecule has 10 heteroatoms. The van der Waals surface area contributed by atoms with Gasteiger partial charge in [0.05, 0.1) is 5.56 Å². The number of allylic oxidation sites excluding steroid dienone is 1. The highest BCUT2D eigenvalue weighted by molar-refractivity contribution is 5.46. The van der Waals surface area contributed by atoms with Crippen LogP contribution in [0.4, 0.5) is 39.5 Å². The zero-order valence-electron chi connectivity index (χ0n) is 17.5. The lowest BCUT2D eigenvalue weighted by Gasteiger charge is -2.20. The molecule has 0 unspecified atom stereocenters. The highest BCUT2D eigenvalue weighted by atomic mass is 19.3. The maximum Gasteiger partial charge on any atom is 0.432 e. The summed E-state index contributed by atoms with van der Waals surface area (Å²) in [5.41, 5.74) is -3.13. The summed E-state index contributed by atoms with van der Waals surface area (Å²) in [7, 11) is 0. The summed E-state index contributed by atoms with van der Waals surface area (Å²) in [6.45, 7) is 3.44. The molecule has 0 amide bonds. The molecule has 1 nitrogen and oxygen atoms in total. The van der Waals surface area contributed by atoms with E-state index in [1.807, 2.05) is 11.8 Å². The molecule has 0 saturated heterocycles. The van der Waals surface area contributed by atoms with Gasteiger partial charge in [0.25, 0.3) is 0 Å². The van der Waals surface area contributed by atoms with Crippen LogP contribution in [0.3, 0.4) is 0 Å². The van der Waals surface area contributed by atoms with Gasteiger partial charge in [0, 0.05) is 17.7 Å². The van der Waals surface area contributed by atoms with Crippen molar-refractivity contribution in [3.05, 3.63) is 112 Å². The van der Waals surface area contributed by atoms with Crippen LogP contribution in [-0.4, -0.2) is 0 Å². The topological polar surface area (TPSA) is 9.23 Å². The molecular formula is C25H13F9O. The van der Waals surface area contributed by atoms with Gasteiger partial charge in [-0.05, 0) is 42.7 Å². The van der Waals surface area contributed by atoms with E-state index in [-0.39, 0.29) is 24.1 Å². The van der Waals surface area contributed by atoms with Gasteiger partial charge < -0.3 is 4.74 Å². The highest BCUT2D eigenvalue weighted by Gasteiger charge is 2.41. The first-order chi connectivity index (χ1) is 16.4. The summed E-state index contributed by atoms with van der Waals surface area (Å²) in [4.78, 5) is 0. The van der Waals surface area contributed by atoms with Crippen molar-refractivity contribution >= 4 is 0 Å². The first-order valence-corrected chi connectivity index (χ1v) is 9.74. The van der Waals surface area contributed by atoms with E-state index in [2.05, 4.69) is 11.3 Å². The Morgan fingerprint density at radius 2 is 1.29 bits per heavy atom. The molecule has 0 aliphatic rings. The Labute approximate surface area is 193 Å². The normalized spacial score (nSPS) is 11.1. The van der Waals surface area contributed by atoms with Crippen LogP contribution in [0.5, 0.6) is 5.75 Å². The molecule has 0 aliphatic heterocycles. The molecule has 0 heterocycles. The number of aryl methyl sites for hydroxylation is 1. The third kappa shape index (κ3) is 5.80. The fourth-order valence-corrected chi connectivity index (χ4v) is 3.01. The van der Waals surface area contributed by atoms with Gasteiger partial charge >= 0.3 is 6.11 Å². The fourth-order valence-electron chi connectivity index (χ4n) is 3.01. The summed E-state index contributed by atoms with van der Waals surface area (Å²) in [6.07, 6.45) is -2.71. The Kier molecular flexibility index (Phi) is 7.48. The summed E-state index contributed by atoms with van der Waals surface area (Å²) >= 11 is 0. The largest absolute Gasteiger partial charge is 0.432 e. The van der Waals surface area contributed by atoms with Crippen LogP contribution in [0.15, 0.2) is 49.1 Å². The molecule has 0 aliphatic carbocycles. The number of ether oxygens (including phenoxy) is 1. The summed E-state index contributed by atoms with van der Waals surface area (Å²) in [5.74, 6) is -8.45. The average Bonchev–Trinajstić information content (AvgIpc) is 2.74. The predicted molar refractivity (Wildman–Crippen MR) is 108 cm³/mol. The van der Waals surface area contributed by atoms with Gasteiger partial charge in [0.1, 0.15) is 34.6 Å². The van der Waals surface area contributed by atoms with Crippen molar-refractivity contribution in [1.29, 1.82) is 0 Å². The number of hydrogen-bond donors (Lipinski definition) is 0. The number of rotatable bonds is 6. The number of halogens is 9. The van der Waals surface area contributed by atoms with E-state index < -0.39 is 69.3 Å². The van der Waals surface area contributed by atoms with Gasteiger partial charge in [-0.25, -0.2) is 30.7 Å². The molecular weight excluding hydrogens is 487 g/mol. The van der Waals surface area contributed by atoms with E-state index in [1.54, 1.807) is 0 Å². The minimum atomic E-state index is -4.65. The summed E-state index contributed by atoms with van der Waals surface area (Å²) in [6, 6.07) is 2.87. The lowest BCUT2D eigenvalue weighted by Crippen LogP contribution is -2.25. The van der Waals surface area contributed by atoms with E-state index in [1.165, 1.54) is 6.08 Å². The fraction of sp³-hybridized carbons (Fsp3) is 0.120. The lowest BCUT2D eigenvalue weighted by molar-refractivity contribution is -0.189. The average molecular weight is 500 g/mol. The zero-order valence-corrected chi connectivity index (χ0v) is 17.5. The Morgan fingerprint density at radius 1 is 0.743 bits per heavy atom. The third-order valence-corrected chi connectivity index (χ3v) is 4.61. The predicted octanol–water partition coefficient (Wildman–Crippen LogP) is 7.31. The minimum Gasteiger partial charge on any atom is -0.429 e. The van der Waals surface area contributed by atoms with Gasteiger partial charge in [-0.1, -0.05) is 17.9 Å². The van der Waals surface area contributed by atoms with Gasteiger partial charge in [-0.15, -0.1) is 6.58 Å². The molecule has 0 saturated carbocycles. The first kappa shape index (κ1) is 25.7. The number of hydrogen-bond acceptors (Lipinski definition) is 1. The number of benzene rings is 3. The van der Waals surface area contributed by atoms with Crippen LogP contribution in [-0.2, 0) is 12.5 Å². The van der Waals surface area contributed by atoms with Crippen LogP contribution >= 0.6 is 0 Å². The van der Waals surface area contributed by atoms with Gasteiger partial charge in [-0.2, -0.15) is 8.78 Å². The SMILES string of the molecule is C=CCCc1cc(F)c(C(F)(F)Oc2cc(F)c(C#Cc3cc(F)c(F)c(F)c3)c(F)c2)c(F)c1. The van der Waals surface area contributed by atoms with E-state index in [0.717, 1.165) is 0 Å². The van der Waals surface area contributed by atoms with Crippen LogP contribution in [0.1, 0.15) is 28.7 Å². The Bertz CT molecular complexity index is 1280. The molecule has 0 radical (unpaired) electrons. The molecule has 0 bridgehead atoms. The van der Waals surface area contributed by atoms with Crippen molar-refractivity contribution in [2.45, 2.75) is 19.0 Å². The van der Waals surface area contributed by atoms with Crippen molar-refractivity contribution in [3.63, 3.8) is 0 Å². The quantitative estimate of drug-likeness (QED) is 0.149. The van der Waals surface area contributed by atoms with E-state index in [0.29, 0.717) is 30.7 Å². The molecule has 0 fully saturated rings. The van der Waals surface area contributed by atoms with Crippen molar-refractivity contribution in [2.24, 2.45) is 0 Å². The van der Waals surface area contributed by atoms with Crippen LogP contribution in [0.25, 0.3) is 0 Å². The van der Waals surface area contributed by atoms with E-state index in [4.69, 9.17) is 0 Å². The third-order valence-electron chi connectivity index (χ3n) is 4.61. The van der Waals surface area contributed by atoms with Crippen LogP contribution in [0.2, 0.25) is 0 Å². The summed E-state index contributed by atoms with van der Waals surface area (Å²) in [5, 5.41) is 0. The van der Waals surface area contributed by atoms with Crippen LogP contribution in [0, 0.1) is 52.6 Å². The number of alkyl halides is 2. The van der Waals surface area contributed by atoms with Crippen molar-refractivity contribution in [1.82, 2.24) is 0 Å². The second-order valence-corrected chi connectivity index (χ2v) is 7.15. The molecule has 182 valence electrons. The second-order valence-electron chi connectivity index (χ2n) is 7.15. The van der Waals surface area contributed by atoms with Crippen molar-refractivity contribution in [2.75, 3.05) is 0 Å². The highest BCUT2D eigenvalue weighted by Crippen LogP contribution is 2.36. The second kappa shape index (κ2) is 10.2. The Morgan fingerprint density at radius 3 is 1.80 bits per heavy atom. The molecule has 0 atom stereocenters. The monoisotopic (exact) mass is 500 g/mol. The maximum absolute atomic E-state index is 14.5. The molecule has 3 aromatic carbocycles. The van der Waals surface area contributed by atoms with Gasteiger partial charge in [-0.3, -0.25) is 0 Å². The molecule has 0 aromatic heterocycles. The van der Waals surface area contributed by atoms with Crippen LogP contribution < -0.4 is 4.74 Å². The molecule has 0 N–H and O–H groups in total. The van der Waals surface area contributed by atoms with Gasteiger partial charge in [0.15, 0.2) is 17.5 Å². The van der Waals surface area contributed by atoms with E-state index in [9.17, 15) is 39.5 Å². The molecule has 3 aromatic rings. The standard InChI is InChI=1S/C25H13F9O/c1-2-3-4-13-7-19(28)23(20(29)8-13)25(33,34)35-15-11-17(26)16(18(27)12-15)6-5-14-9-21(30)24(32)22(31)10-14/h2,7-12H,1,3-4H2. The lowest BCUT2D eigenvalue weighted by atomic mass is 10.1. The molecule has 35 heavy (non-hydrogen) atoms. The maximum atomic E-state index is 14.5. The smallest absolute Gasteiger partial charge is 0.429 e. The Balaban J connectivity index is 1.90. The Hall–Kier alpha value is -3.87. The zero-order chi connectivity index (χ0) is 25.9. The van der Waals surface area contributed by atoms with Gasteiger partial charge in [0.2, 0.25) is 0 Å². The molecule has 0 spiro atoms. The van der Waals surface area contributed by atoms with Crippen molar-refractivity contribution < 1.29 is 44.3 Å². The van der Waals surface area contributed by atoms with E-state index >= 15 is 0 Å².